The van der Waals surface area contributed by atoms with Crippen LogP contribution in [-0.2, 0) is 0 Å². The van der Waals surface area contributed by atoms with Crippen LogP contribution in [0.15, 0.2) is 42.5 Å². The van der Waals surface area contributed by atoms with Crippen LogP contribution in [0.25, 0.3) is 0 Å². The molecule has 142 valence electrons. The Hall–Kier alpha value is -3.42. The lowest BCUT2D eigenvalue weighted by molar-refractivity contribution is -0.384. The molecule has 2 rings (SSSR count). The molecule has 8 nitrogen and oxygen atoms in total. The minimum atomic E-state index is -0.541. The summed E-state index contributed by atoms with van der Waals surface area (Å²) in [5.41, 5.74) is 0.969. The second-order valence-electron chi connectivity index (χ2n) is 5.77. The van der Waals surface area contributed by atoms with Crippen molar-refractivity contribution in [2.75, 3.05) is 23.7 Å². The first-order valence-corrected chi connectivity index (χ1v) is 8.68. The Morgan fingerprint density at radius 3 is 2.44 bits per heavy atom. The first-order valence-electron chi connectivity index (χ1n) is 8.68. The van der Waals surface area contributed by atoms with Gasteiger partial charge in [-0.05, 0) is 37.6 Å². The van der Waals surface area contributed by atoms with Crippen molar-refractivity contribution in [3.05, 3.63) is 63.7 Å². The Labute approximate surface area is 157 Å². The van der Waals surface area contributed by atoms with Gasteiger partial charge in [0.15, 0.2) is 0 Å². The van der Waals surface area contributed by atoms with Crippen LogP contribution >= 0.6 is 0 Å². The lowest BCUT2D eigenvalue weighted by atomic mass is 10.1. The normalized spacial score (nSPS) is 10.1. The highest BCUT2D eigenvalue weighted by Crippen LogP contribution is 2.26. The molecule has 0 saturated carbocycles. The summed E-state index contributed by atoms with van der Waals surface area (Å²) in [6.45, 7) is 4.81. The van der Waals surface area contributed by atoms with Crippen LogP contribution in [0.5, 0.6) is 0 Å². The van der Waals surface area contributed by atoms with E-state index >= 15 is 0 Å². The van der Waals surface area contributed by atoms with Crippen LogP contribution in [0.3, 0.4) is 0 Å². The monoisotopic (exact) mass is 370 g/mol. The number of anilines is 2. The number of carbonyl (C=O) groups is 2. The summed E-state index contributed by atoms with van der Waals surface area (Å²) in [5.74, 6) is -0.821. The van der Waals surface area contributed by atoms with Crippen LogP contribution in [-0.4, -0.2) is 29.8 Å². The molecule has 0 unspecified atom stereocenters. The van der Waals surface area contributed by atoms with Gasteiger partial charge in [-0.3, -0.25) is 19.7 Å². The third kappa shape index (κ3) is 5.04. The molecular formula is C19H22N4O4. The van der Waals surface area contributed by atoms with Crippen molar-refractivity contribution in [1.29, 1.82) is 0 Å². The lowest BCUT2D eigenvalue weighted by Crippen LogP contribution is -2.25. The molecule has 0 atom stereocenters. The van der Waals surface area contributed by atoms with Gasteiger partial charge in [-0.1, -0.05) is 19.1 Å². The Balaban J connectivity index is 2.26. The molecule has 2 aromatic carbocycles. The highest BCUT2D eigenvalue weighted by atomic mass is 16.6. The molecule has 3 N–H and O–H groups in total. The number of nitro benzene ring substituents is 1. The van der Waals surface area contributed by atoms with E-state index in [1.54, 1.807) is 24.3 Å². The molecular weight excluding hydrogens is 348 g/mol. The SMILES string of the molecule is CCCNC(=O)c1ccccc1NC(=O)c1ccc(NCC)c([N+](=O)[O-])c1. The lowest BCUT2D eigenvalue weighted by Gasteiger charge is -2.12. The zero-order valence-electron chi connectivity index (χ0n) is 15.2. The largest absolute Gasteiger partial charge is 0.380 e. The molecule has 0 saturated heterocycles. The molecule has 0 aliphatic carbocycles. The zero-order chi connectivity index (χ0) is 19.8. The summed E-state index contributed by atoms with van der Waals surface area (Å²) in [4.78, 5) is 35.5. The molecule has 0 heterocycles. The van der Waals surface area contributed by atoms with Crippen molar-refractivity contribution < 1.29 is 14.5 Å². The van der Waals surface area contributed by atoms with Crippen molar-refractivity contribution in [2.45, 2.75) is 20.3 Å². The van der Waals surface area contributed by atoms with E-state index in [4.69, 9.17) is 0 Å². The van der Waals surface area contributed by atoms with Gasteiger partial charge in [0.1, 0.15) is 5.69 Å². The van der Waals surface area contributed by atoms with Gasteiger partial charge in [-0.25, -0.2) is 0 Å². The number of amides is 2. The Bertz CT molecular complexity index is 851. The fourth-order valence-electron chi connectivity index (χ4n) is 2.48. The maximum atomic E-state index is 12.6. The topological polar surface area (TPSA) is 113 Å². The van der Waals surface area contributed by atoms with Gasteiger partial charge in [0.2, 0.25) is 0 Å². The summed E-state index contributed by atoms with van der Waals surface area (Å²) < 4.78 is 0. The molecule has 0 fully saturated rings. The molecule has 0 radical (unpaired) electrons. The van der Waals surface area contributed by atoms with Gasteiger partial charge in [0, 0.05) is 24.7 Å². The smallest absolute Gasteiger partial charge is 0.293 e. The molecule has 2 amide bonds. The Kier molecular flexibility index (Phi) is 6.87. The number of rotatable bonds is 8. The van der Waals surface area contributed by atoms with E-state index in [0.717, 1.165) is 6.42 Å². The number of carbonyl (C=O) groups excluding carboxylic acids is 2. The summed E-state index contributed by atoms with van der Waals surface area (Å²) in [5, 5.41) is 19.6. The summed E-state index contributed by atoms with van der Waals surface area (Å²) in [7, 11) is 0. The number of para-hydroxylation sites is 1. The van der Waals surface area contributed by atoms with E-state index in [1.165, 1.54) is 18.2 Å². The van der Waals surface area contributed by atoms with Gasteiger partial charge in [0.25, 0.3) is 17.5 Å². The number of nitro groups is 1. The predicted octanol–water partition coefficient (Wildman–Crippen LogP) is 3.42. The van der Waals surface area contributed by atoms with Crippen molar-refractivity contribution in [3.63, 3.8) is 0 Å². The second kappa shape index (κ2) is 9.33. The minimum absolute atomic E-state index is 0.132. The number of benzene rings is 2. The number of hydrogen-bond acceptors (Lipinski definition) is 5. The fourth-order valence-corrected chi connectivity index (χ4v) is 2.48. The molecule has 8 heteroatoms. The van der Waals surface area contributed by atoms with Gasteiger partial charge in [0.05, 0.1) is 16.2 Å². The minimum Gasteiger partial charge on any atom is -0.380 e. The molecule has 0 aliphatic heterocycles. The van der Waals surface area contributed by atoms with Crippen LogP contribution in [0.2, 0.25) is 0 Å². The van der Waals surface area contributed by atoms with E-state index < -0.39 is 10.8 Å². The zero-order valence-corrected chi connectivity index (χ0v) is 15.2. The highest BCUT2D eigenvalue weighted by Gasteiger charge is 2.19. The summed E-state index contributed by atoms with van der Waals surface area (Å²) in [6, 6.07) is 10.8. The summed E-state index contributed by atoms with van der Waals surface area (Å²) >= 11 is 0. The number of nitrogens with zero attached hydrogens (tertiary/aromatic N) is 1. The summed E-state index contributed by atoms with van der Waals surface area (Å²) in [6.07, 6.45) is 0.794. The molecule has 0 aromatic heterocycles. The van der Waals surface area contributed by atoms with Crippen LogP contribution in [0.4, 0.5) is 17.1 Å². The fraction of sp³-hybridized carbons (Fsp3) is 0.263. The van der Waals surface area contributed by atoms with Crippen molar-refractivity contribution in [3.8, 4) is 0 Å². The van der Waals surface area contributed by atoms with E-state index in [2.05, 4.69) is 16.0 Å². The third-order valence-electron chi connectivity index (χ3n) is 3.78. The average Bonchev–Trinajstić information content (AvgIpc) is 2.66. The first-order chi connectivity index (χ1) is 13.0. The molecule has 2 aromatic rings. The Morgan fingerprint density at radius 2 is 1.78 bits per heavy atom. The van der Waals surface area contributed by atoms with Gasteiger partial charge in [-0.2, -0.15) is 0 Å². The van der Waals surface area contributed by atoms with Crippen molar-refractivity contribution in [1.82, 2.24) is 5.32 Å². The van der Waals surface area contributed by atoms with Gasteiger partial charge in [-0.15, -0.1) is 0 Å². The molecule has 0 aliphatic rings. The molecule has 27 heavy (non-hydrogen) atoms. The van der Waals surface area contributed by atoms with Crippen LogP contribution in [0, 0.1) is 10.1 Å². The standard InChI is InChI=1S/C19H22N4O4/c1-3-11-21-19(25)14-7-5-6-8-15(14)22-18(24)13-9-10-16(20-4-2)17(12-13)23(26)27/h5-10,12,20H,3-4,11H2,1-2H3,(H,21,25)(H,22,24). The first kappa shape index (κ1) is 19.9. The van der Waals surface area contributed by atoms with Crippen LogP contribution in [0.1, 0.15) is 41.0 Å². The Morgan fingerprint density at radius 1 is 1.04 bits per heavy atom. The van der Waals surface area contributed by atoms with Crippen molar-refractivity contribution >= 4 is 28.9 Å². The maximum Gasteiger partial charge on any atom is 0.293 e. The van der Waals surface area contributed by atoms with Crippen molar-refractivity contribution in [2.24, 2.45) is 0 Å². The van der Waals surface area contributed by atoms with Gasteiger partial charge < -0.3 is 16.0 Å². The average molecular weight is 370 g/mol. The number of hydrogen-bond donors (Lipinski definition) is 3. The van der Waals surface area contributed by atoms with E-state index in [0.29, 0.717) is 30.0 Å². The van der Waals surface area contributed by atoms with E-state index in [9.17, 15) is 19.7 Å². The third-order valence-corrected chi connectivity index (χ3v) is 3.78. The quantitative estimate of drug-likeness (QED) is 0.487. The van der Waals surface area contributed by atoms with E-state index in [-0.39, 0.29) is 17.2 Å². The second-order valence-corrected chi connectivity index (χ2v) is 5.77. The van der Waals surface area contributed by atoms with E-state index in [1.807, 2.05) is 13.8 Å². The van der Waals surface area contributed by atoms with Gasteiger partial charge >= 0.3 is 0 Å². The predicted molar refractivity (Wildman–Crippen MR) is 104 cm³/mol. The number of nitrogens with one attached hydrogen (secondary N) is 3. The highest BCUT2D eigenvalue weighted by molar-refractivity contribution is 6.09. The maximum absolute atomic E-state index is 12.6. The molecule has 0 spiro atoms. The molecule has 0 bridgehead atoms. The van der Waals surface area contributed by atoms with Crippen LogP contribution < -0.4 is 16.0 Å².